The van der Waals surface area contributed by atoms with Crippen LogP contribution in [0.4, 0.5) is 17.1 Å². The number of benzene rings is 9. The van der Waals surface area contributed by atoms with Gasteiger partial charge >= 0.3 is 0 Å². The molecule has 3 heterocycles. The second-order valence-corrected chi connectivity index (χ2v) is 15.9. The van der Waals surface area contributed by atoms with Crippen LogP contribution in [0.3, 0.4) is 0 Å². The van der Waals surface area contributed by atoms with Crippen molar-refractivity contribution in [1.82, 2.24) is 10.6 Å². The maximum absolute atomic E-state index is 7.00. The van der Waals surface area contributed by atoms with Gasteiger partial charge in [0.2, 0.25) is 0 Å². The average Bonchev–Trinajstić information content (AvgIpc) is 3.95. The van der Waals surface area contributed by atoms with E-state index in [9.17, 15) is 0 Å². The molecule has 2 aromatic heterocycles. The van der Waals surface area contributed by atoms with Gasteiger partial charge in [0.15, 0.2) is 5.58 Å². The molecule has 9 aromatic carbocycles. The van der Waals surface area contributed by atoms with Gasteiger partial charge in [-0.2, -0.15) is 0 Å². The Kier molecular flexibility index (Phi) is 8.94. The molecule has 1 aliphatic rings. The first-order valence-electron chi connectivity index (χ1n) is 21.3. The molecule has 2 unspecified atom stereocenters. The van der Waals surface area contributed by atoms with Gasteiger partial charge in [-0.25, -0.2) is 4.99 Å². The van der Waals surface area contributed by atoms with Gasteiger partial charge < -0.3 is 19.1 Å². The molecule has 63 heavy (non-hydrogen) atoms. The summed E-state index contributed by atoms with van der Waals surface area (Å²) in [4.78, 5) is 7.68. The van der Waals surface area contributed by atoms with E-state index >= 15 is 0 Å². The van der Waals surface area contributed by atoms with E-state index in [-0.39, 0.29) is 12.3 Å². The predicted molar refractivity (Wildman–Crippen MR) is 258 cm³/mol. The standard InChI is InChI=1S/C57H40N4O2/c1-4-15-37(16-5-1)39-27-31-42(32-28-39)61(43-33-29-40(30-34-43)38-17-6-2-7-18-38)48-36-35-47(53-45-22-11-13-25-50(45)63-54(48)53)57-59-55(41-19-8-3-9-20-41)58-56(60-57)46-23-14-26-51-52(46)44-21-10-12-24-49(44)62-51/h1-36,55,57,59H,(H,58,60). The smallest absolute Gasteiger partial charge is 0.159 e. The van der Waals surface area contributed by atoms with Gasteiger partial charge in [-0.15, -0.1) is 0 Å². The van der Waals surface area contributed by atoms with Crippen molar-refractivity contribution in [2.75, 3.05) is 4.90 Å². The molecule has 11 aromatic rings. The highest BCUT2D eigenvalue weighted by molar-refractivity contribution is 6.18. The summed E-state index contributed by atoms with van der Waals surface area (Å²) in [6.07, 6.45) is -0.686. The molecule has 0 spiro atoms. The number of hydrogen-bond donors (Lipinski definition) is 2. The Morgan fingerprint density at radius 2 is 0.952 bits per heavy atom. The van der Waals surface area contributed by atoms with E-state index in [0.29, 0.717) is 0 Å². The van der Waals surface area contributed by atoms with Gasteiger partial charge in [-0.3, -0.25) is 5.32 Å². The number of rotatable bonds is 8. The minimum atomic E-state index is -0.350. The largest absolute Gasteiger partial charge is 0.456 e. The number of para-hydroxylation sites is 2. The first-order valence-corrected chi connectivity index (χ1v) is 21.3. The van der Waals surface area contributed by atoms with Gasteiger partial charge in [-0.05, 0) is 76.3 Å². The van der Waals surface area contributed by atoms with E-state index in [0.717, 1.165) is 94.6 Å². The van der Waals surface area contributed by atoms with E-state index in [2.05, 4.69) is 198 Å². The number of hydrogen-bond acceptors (Lipinski definition) is 6. The summed E-state index contributed by atoms with van der Waals surface area (Å²) >= 11 is 0. The molecule has 2 N–H and O–H groups in total. The number of amidine groups is 1. The number of anilines is 3. The number of nitrogens with zero attached hydrogens (tertiary/aromatic N) is 2. The minimum Gasteiger partial charge on any atom is -0.456 e. The predicted octanol–water partition coefficient (Wildman–Crippen LogP) is 14.6. The molecule has 12 rings (SSSR count). The van der Waals surface area contributed by atoms with Crippen LogP contribution in [0.15, 0.2) is 232 Å². The third kappa shape index (κ3) is 6.52. The molecule has 6 heteroatoms. The zero-order valence-electron chi connectivity index (χ0n) is 34.2. The highest BCUT2D eigenvalue weighted by Crippen LogP contribution is 2.46. The van der Waals surface area contributed by atoms with Gasteiger partial charge in [0.05, 0.1) is 5.69 Å². The third-order valence-corrected chi connectivity index (χ3v) is 12.2. The Bertz CT molecular complexity index is 3370. The molecule has 1 aliphatic heterocycles. The molecule has 0 aliphatic carbocycles. The van der Waals surface area contributed by atoms with Crippen molar-refractivity contribution in [3.05, 3.63) is 235 Å². The first-order chi connectivity index (χ1) is 31.2. The highest BCUT2D eigenvalue weighted by atomic mass is 16.3. The minimum absolute atomic E-state index is 0.337. The zero-order chi connectivity index (χ0) is 41.7. The molecule has 6 nitrogen and oxygen atoms in total. The van der Waals surface area contributed by atoms with Crippen molar-refractivity contribution in [1.29, 1.82) is 0 Å². The van der Waals surface area contributed by atoms with Crippen molar-refractivity contribution in [2.24, 2.45) is 4.99 Å². The SMILES string of the molecule is c1ccc(-c2ccc(N(c3ccc(-c4ccccc4)cc3)c3ccc(C4NC(c5cccc6oc7ccccc7c56)=NC(c5ccccc5)N4)c4c3oc3ccccc34)cc2)cc1. The fourth-order valence-electron chi connectivity index (χ4n) is 9.18. The molecular weight excluding hydrogens is 773 g/mol. The number of nitrogens with one attached hydrogen (secondary N) is 2. The fraction of sp³-hybridized carbons (Fsp3) is 0.0351. The number of furan rings is 2. The first kappa shape index (κ1) is 36.6. The summed E-state index contributed by atoms with van der Waals surface area (Å²) in [5.74, 6) is 0.786. The van der Waals surface area contributed by atoms with Crippen LogP contribution in [-0.4, -0.2) is 5.84 Å². The van der Waals surface area contributed by atoms with Crippen molar-refractivity contribution < 1.29 is 8.83 Å². The van der Waals surface area contributed by atoms with Crippen LogP contribution in [0.1, 0.15) is 29.0 Å². The Morgan fingerprint density at radius 3 is 1.59 bits per heavy atom. The molecule has 0 saturated heterocycles. The monoisotopic (exact) mass is 812 g/mol. The number of aliphatic imine (C=N–C) groups is 1. The van der Waals surface area contributed by atoms with E-state index in [1.807, 2.05) is 36.4 Å². The van der Waals surface area contributed by atoms with E-state index in [1.54, 1.807) is 0 Å². The Hall–Kier alpha value is -8.19. The van der Waals surface area contributed by atoms with E-state index in [4.69, 9.17) is 13.8 Å². The van der Waals surface area contributed by atoms with Crippen LogP contribution in [0.25, 0.3) is 66.1 Å². The summed E-state index contributed by atoms with van der Waals surface area (Å²) in [5.41, 5.74) is 14.0. The topological polar surface area (TPSA) is 65.9 Å². The van der Waals surface area contributed by atoms with Crippen LogP contribution in [-0.2, 0) is 0 Å². The van der Waals surface area contributed by atoms with Crippen LogP contribution in [0, 0.1) is 0 Å². The van der Waals surface area contributed by atoms with E-state index < -0.39 is 0 Å². The van der Waals surface area contributed by atoms with Gasteiger partial charge in [0.1, 0.15) is 34.9 Å². The lowest BCUT2D eigenvalue weighted by Crippen LogP contribution is -2.45. The zero-order valence-corrected chi connectivity index (χ0v) is 34.2. The van der Waals surface area contributed by atoms with Crippen LogP contribution in [0.5, 0.6) is 0 Å². The lowest BCUT2D eigenvalue weighted by Gasteiger charge is -2.33. The van der Waals surface area contributed by atoms with Crippen LogP contribution in [0.2, 0.25) is 0 Å². The average molecular weight is 813 g/mol. The quantitative estimate of drug-likeness (QED) is 0.160. The maximum Gasteiger partial charge on any atom is 0.159 e. The van der Waals surface area contributed by atoms with Crippen molar-refractivity contribution in [2.45, 2.75) is 12.3 Å². The Balaban J connectivity index is 1.03. The highest BCUT2D eigenvalue weighted by Gasteiger charge is 2.31. The molecule has 0 saturated carbocycles. The normalized spacial score (nSPS) is 15.1. The maximum atomic E-state index is 7.00. The van der Waals surface area contributed by atoms with Crippen LogP contribution < -0.4 is 15.5 Å². The fourth-order valence-corrected chi connectivity index (χ4v) is 9.18. The molecule has 0 amide bonds. The molecule has 2 atom stereocenters. The Labute approximate surface area is 364 Å². The lowest BCUT2D eigenvalue weighted by atomic mass is 9.99. The second-order valence-electron chi connectivity index (χ2n) is 15.9. The lowest BCUT2D eigenvalue weighted by molar-refractivity contribution is 0.411. The Morgan fingerprint density at radius 1 is 0.429 bits per heavy atom. The summed E-state index contributed by atoms with van der Waals surface area (Å²) < 4.78 is 13.4. The summed E-state index contributed by atoms with van der Waals surface area (Å²) in [7, 11) is 0. The third-order valence-electron chi connectivity index (χ3n) is 12.2. The van der Waals surface area contributed by atoms with E-state index in [1.165, 1.54) is 11.1 Å². The van der Waals surface area contributed by atoms with Gasteiger partial charge in [0, 0.05) is 44.0 Å². The molecular formula is C57H40N4O2. The summed E-state index contributed by atoms with van der Waals surface area (Å²) in [6, 6.07) is 76.3. The molecule has 0 bridgehead atoms. The summed E-state index contributed by atoms with van der Waals surface area (Å²) in [5, 5.41) is 11.9. The van der Waals surface area contributed by atoms with Crippen molar-refractivity contribution in [3.8, 4) is 22.3 Å². The van der Waals surface area contributed by atoms with Gasteiger partial charge in [0.25, 0.3) is 0 Å². The molecule has 300 valence electrons. The number of fused-ring (bicyclic) bond motifs is 6. The summed E-state index contributed by atoms with van der Waals surface area (Å²) in [6.45, 7) is 0. The van der Waals surface area contributed by atoms with Crippen molar-refractivity contribution in [3.63, 3.8) is 0 Å². The van der Waals surface area contributed by atoms with Crippen molar-refractivity contribution >= 4 is 66.8 Å². The van der Waals surface area contributed by atoms with Gasteiger partial charge in [-0.1, -0.05) is 170 Å². The van der Waals surface area contributed by atoms with Crippen LogP contribution >= 0.6 is 0 Å². The molecule has 0 radical (unpaired) electrons. The molecule has 0 fully saturated rings. The second kappa shape index (κ2) is 15.4.